The van der Waals surface area contributed by atoms with E-state index in [2.05, 4.69) is 31.0 Å². The van der Waals surface area contributed by atoms with Crippen LogP contribution in [0.15, 0.2) is 30.5 Å². The Morgan fingerprint density at radius 2 is 1.56 bits per heavy atom. The van der Waals surface area contributed by atoms with E-state index in [1.807, 2.05) is 46.0 Å². The average molecular weight is 217 g/mol. The molecule has 0 atom stereocenters. The lowest BCUT2D eigenvalue weighted by atomic mass is 10.1. The highest BCUT2D eigenvalue weighted by Gasteiger charge is 1.96. The fourth-order valence-electron chi connectivity index (χ4n) is 1.40. The van der Waals surface area contributed by atoms with Gasteiger partial charge in [-0.05, 0) is 37.1 Å². The summed E-state index contributed by atoms with van der Waals surface area (Å²) in [6, 6.07) is 8.38. The minimum absolute atomic E-state index is 1.08. The van der Waals surface area contributed by atoms with E-state index in [4.69, 9.17) is 0 Å². The predicted molar refractivity (Wildman–Crippen MR) is 73.9 cm³/mol. The summed E-state index contributed by atoms with van der Waals surface area (Å²) in [5, 5.41) is 1.26. The van der Waals surface area contributed by atoms with E-state index in [1.165, 1.54) is 16.5 Å². The van der Waals surface area contributed by atoms with Gasteiger partial charge in [-0.15, -0.1) is 0 Å². The van der Waals surface area contributed by atoms with Gasteiger partial charge in [0.2, 0.25) is 0 Å². The zero-order valence-electron chi connectivity index (χ0n) is 11.3. The molecule has 2 aromatic rings. The molecule has 0 bridgehead atoms. The maximum atomic E-state index is 4.34. The molecule has 0 N–H and O–H groups in total. The van der Waals surface area contributed by atoms with Crippen molar-refractivity contribution in [3.8, 4) is 0 Å². The summed E-state index contributed by atoms with van der Waals surface area (Å²) in [4.78, 5) is 4.34. The fourth-order valence-corrected chi connectivity index (χ4v) is 1.40. The highest BCUT2D eigenvalue weighted by atomic mass is 14.6. The lowest BCUT2D eigenvalue weighted by molar-refractivity contribution is 1.32. The quantitative estimate of drug-likeness (QED) is 0.611. The van der Waals surface area contributed by atoms with Gasteiger partial charge >= 0.3 is 0 Å². The average Bonchev–Trinajstić information content (AvgIpc) is 2.35. The monoisotopic (exact) mass is 217 g/mol. The first-order chi connectivity index (χ1) is 7.77. The zero-order valence-corrected chi connectivity index (χ0v) is 11.3. The number of benzene rings is 1. The molecule has 0 spiro atoms. The van der Waals surface area contributed by atoms with Gasteiger partial charge in [-0.2, -0.15) is 0 Å². The van der Waals surface area contributed by atoms with Crippen LogP contribution >= 0.6 is 0 Å². The molecule has 0 radical (unpaired) electrons. The molecule has 0 aliphatic rings. The van der Waals surface area contributed by atoms with E-state index in [9.17, 15) is 0 Å². The molecule has 1 aromatic carbocycles. The number of rotatable bonds is 0. The highest BCUT2D eigenvalue weighted by molar-refractivity contribution is 5.82. The van der Waals surface area contributed by atoms with Crippen LogP contribution in [0.3, 0.4) is 0 Å². The molecule has 1 nitrogen and oxygen atoms in total. The molecule has 0 saturated carbocycles. The number of aryl methyl sites for hydroxylation is 2. The Balaban J connectivity index is 0.000000509. The van der Waals surface area contributed by atoms with Crippen LogP contribution in [0.1, 0.15) is 38.8 Å². The van der Waals surface area contributed by atoms with Crippen molar-refractivity contribution in [2.75, 3.05) is 0 Å². The maximum Gasteiger partial charge on any atom is 0.0704 e. The molecular formula is C15H23N. The molecule has 0 fully saturated rings. The van der Waals surface area contributed by atoms with Crippen LogP contribution in [-0.4, -0.2) is 4.98 Å². The Kier molecular flexibility index (Phi) is 7.19. The van der Waals surface area contributed by atoms with Gasteiger partial charge in [0.15, 0.2) is 0 Å². The van der Waals surface area contributed by atoms with Crippen molar-refractivity contribution in [2.24, 2.45) is 0 Å². The van der Waals surface area contributed by atoms with Gasteiger partial charge in [0.05, 0.1) is 5.52 Å². The molecular weight excluding hydrogens is 194 g/mol. The van der Waals surface area contributed by atoms with E-state index < -0.39 is 0 Å². The Labute approximate surface area is 99.5 Å². The van der Waals surface area contributed by atoms with Crippen LogP contribution in [0.5, 0.6) is 0 Å². The van der Waals surface area contributed by atoms with Crippen LogP contribution in [0, 0.1) is 13.8 Å². The van der Waals surface area contributed by atoms with E-state index >= 15 is 0 Å². The SMILES string of the molecule is CC.CC.Cc1cnc2cccc(C)c2c1. The zero-order chi connectivity index (χ0) is 12.6. The van der Waals surface area contributed by atoms with Crippen molar-refractivity contribution in [1.82, 2.24) is 4.98 Å². The van der Waals surface area contributed by atoms with E-state index in [0.717, 1.165) is 5.52 Å². The standard InChI is InChI=1S/C11H11N.2C2H6/c1-8-6-10-9(2)4-3-5-11(10)12-7-8;2*1-2/h3-7H,1-2H3;2*1-2H3. The van der Waals surface area contributed by atoms with Crippen LogP contribution in [0.2, 0.25) is 0 Å². The normalized spacial score (nSPS) is 8.62. The summed E-state index contributed by atoms with van der Waals surface area (Å²) in [5.74, 6) is 0. The van der Waals surface area contributed by atoms with Gasteiger partial charge in [-0.1, -0.05) is 39.8 Å². The van der Waals surface area contributed by atoms with Gasteiger partial charge in [0, 0.05) is 11.6 Å². The fraction of sp³-hybridized carbons (Fsp3) is 0.400. The van der Waals surface area contributed by atoms with Gasteiger partial charge in [0.1, 0.15) is 0 Å². The number of nitrogens with zero attached hydrogens (tertiary/aromatic N) is 1. The van der Waals surface area contributed by atoms with Crippen molar-refractivity contribution in [2.45, 2.75) is 41.5 Å². The number of fused-ring (bicyclic) bond motifs is 1. The highest BCUT2D eigenvalue weighted by Crippen LogP contribution is 2.16. The first-order valence-corrected chi connectivity index (χ1v) is 6.09. The van der Waals surface area contributed by atoms with Crippen molar-refractivity contribution >= 4 is 10.9 Å². The van der Waals surface area contributed by atoms with Gasteiger partial charge < -0.3 is 0 Å². The van der Waals surface area contributed by atoms with Gasteiger partial charge in [-0.3, -0.25) is 4.98 Å². The molecule has 0 aliphatic heterocycles. The summed E-state index contributed by atoms with van der Waals surface area (Å²) in [5.41, 5.74) is 3.60. The Morgan fingerprint density at radius 3 is 2.19 bits per heavy atom. The largest absolute Gasteiger partial charge is 0.256 e. The third-order valence-electron chi connectivity index (χ3n) is 2.08. The Morgan fingerprint density at radius 1 is 0.938 bits per heavy atom. The third kappa shape index (κ3) is 3.65. The van der Waals surface area contributed by atoms with Gasteiger partial charge in [0.25, 0.3) is 0 Å². The van der Waals surface area contributed by atoms with Crippen LogP contribution < -0.4 is 0 Å². The first-order valence-electron chi connectivity index (χ1n) is 6.09. The molecule has 0 unspecified atom stereocenters. The summed E-state index contributed by atoms with van der Waals surface area (Å²) >= 11 is 0. The lowest BCUT2D eigenvalue weighted by Gasteiger charge is -2.00. The third-order valence-corrected chi connectivity index (χ3v) is 2.08. The van der Waals surface area contributed by atoms with Gasteiger partial charge in [-0.25, -0.2) is 0 Å². The minimum atomic E-state index is 1.08. The smallest absolute Gasteiger partial charge is 0.0704 e. The van der Waals surface area contributed by atoms with Crippen molar-refractivity contribution in [3.05, 3.63) is 41.6 Å². The minimum Gasteiger partial charge on any atom is -0.256 e. The molecule has 1 heteroatoms. The van der Waals surface area contributed by atoms with Crippen molar-refractivity contribution in [3.63, 3.8) is 0 Å². The van der Waals surface area contributed by atoms with E-state index in [0.29, 0.717) is 0 Å². The van der Waals surface area contributed by atoms with Crippen molar-refractivity contribution < 1.29 is 0 Å². The predicted octanol–water partition coefficient (Wildman–Crippen LogP) is 4.90. The second-order valence-electron chi connectivity index (χ2n) is 3.15. The first kappa shape index (κ1) is 14.6. The summed E-state index contributed by atoms with van der Waals surface area (Å²) in [7, 11) is 0. The number of hydrogen-bond acceptors (Lipinski definition) is 1. The van der Waals surface area contributed by atoms with E-state index in [-0.39, 0.29) is 0 Å². The second kappa shape index (κ2) is 7.86. The van der Waals surface area contributed by atoms with Crippen LogP contribution in [0.25, 0.3) is 10.9 Å². The Hall–Kier alpha value is -1.37. The molecule has 88 valence electrons. The van der Waals surface area contributed by atoms with E-state index in [1.54, 1.807) is 0 Å². The molecule has 0 saturated heterocycles. The number of pyridine rings is 1. The molecule has 1 aromatic heterocycles. The Bertz CT molecular complexity index is 419. The lowest BCUT2D eigenvalue weighted by Crippen LogP contribution is -1.83. The molecule has 0 amide bonds. The summed E-state index contributed by atoms with van der Waals surface area (Å²) in [6.07, 6.45) is 1.90. The molecule has 16 heavy (non-hydrogen) atoms. The maximum absolute atomic E-state index is 4.34. The number of hydrogen-bond donors (Lipinski definition) is 0. The topological polar surface area (TPSA) is 12.9 Å². The second-order valence-corrected chi connectivity index (χ2v) is 3.15. The van der Waals surface area contributed by atoms with Crippen molar-refractivity contribution in [1.29, 1.82) is 0 Å². The van der Waals surface area contributed by atoms with Crippen LogP contribution in [-0.2, 0) is 0 Å². The summed E-state index contributed by atoms with van der Waals surface area (Å²) < 4.78 is 0. The number of aromatic nitrogens is 1. The van der Waals surface area contributed by atoms with Crippen LogP contribution in [0.4, 0.5) is 0 Å². The summed E-state index contributed by atoms with van der Waals surface area (Å²) in [6.45, 7) is 12.2. The molecule has 1 heterocycles. The molecule has 2 rings (SSSR count). The molecule has 0 aliphatic carbocycles.